The summed E-state index contributed by atoms with van der Waals surface area (Å²) < 4.78 is 1.94. The SMILES string of the molecule is CCn1nc(C2Nc3ccccc3C(=O)N2CCO)c2ccccc21. The van der Waals surface area contributed by atoms with Gasteiger partial charge in [-0.25, -0.2) is 0 Å². The van der Waals surface area contributed by atoms with Gasteiger partial charge in [-0.15, -0.1) is 0 Å². The molecule has 6 nitrogen and oxygen atoms in total. The van der Waals surface area contributed by atoms with E-state index < -0.39 is 6.17 Å². The molecule has 1 aromatic heterocycles. The van der Waals surface area contributed by atoms with E-state index in [1.165, 1.54) is 0 Å². The van der Waals surface area contributed by atoms with Gasteiger partial charge in [-0.3, -0.25) is 9.48 Å². The summed E-state index contributed by atoms with van der Waals surface area (Å²) in [5.41, 5.74) is 3.25. The first-order chi connectivity index (χ1) is 12.2. The molecule has 1 atom stereocenters. The van der Waals surface area contributed by atoms with Gasteiger partial charge in [0.15, 0.2) is 0 Å². The van der Waals surface area contributed by atoms with Crippen molar-refractivity contribution >= 4 is 22.5 Å². The Hall–Kier alpha value is -2.86. The average Bonchev–Trinajstić information content (AvgIpc) is 3.03. The van der Waals surface area contributed by atoms with Crippen LogP contribution in [0.5, 0.6) is 0 Å². The van der Waals surface area contributed by atoms with E-state index in [0.29, 0.717) is 5.56 Å². The molecule has 2 aromatic carbocycles. The van der Waals surface area contributed by atoms with E-state index in [1.807, 2.05) is 54.1 Å². The van der Waals surface area contributed by atoms with Gasteiger partial charge in [-0.1, -0.05) is 30.3 Å². The van der Waals surface area contributed by atoms with Crippen molar-refractivity contribution in [2.75, 3.05) is 18.5 Å². The van der Waals surface area contributed by atoms with Gasteiger partial charge in [-0.2, -0.15) is 5.10 Å². The number of carbonyl (C=O) groups excluding carboxylic acids is 1. The first kappa shape index (κ1) is 15.7. The van der Waals surface area contributed by atoms with Crippen LogP contribution >= 0.6 is 0 Å². The van der Waals surface area contributed by atoms with Gasteiger partial charge in [0, 0.05) is 24.2 Å². The third-order valence-electron chi connectivity index (χ3n) is 4.61. The van der Waals surface area contributed by atoms with Gasteiger partial charge >= 0.3 is 0 Å². The zero-order chi connectivity index (χ0) is 17.4. The van der Waals surface area contributed by atoms with Crippen molar-refractivity contribution in [2.45, 2.75) is 19.6 Å². The quantitative estimate of drug-likeness (QED) is 0.768. The molecule has 3 aromatic rings. The van der Waals surface area contributed by atoms with Crippen LogP contribution < -0.4 is 5.32 Å². The fourth-order valence-electron chi connectivity index (χ4n) is 3.44. The lowest BCUT2D eigenvalue weighted by Gasteiger charge is -2.36. The molecule has 0 saturated heterocycles. The summed E-state index contributed by atoms with van der Waals surface area (Å²) in [6.45, 7) is 2.94. The zero-order valence-corrected chi connectivity index (χ0v) is 14.0. The number of benzene rings is 2. The number of amides is 1. The molecule has 0 radical (unpaired) electrons. The summed E-state index contributed by atoms with van der Waals surface area (Å²) >= 11 is 0. The van der Waals surface area contributed by atoms with Crippen LogP contribution in [0.3, 0.4) is 0 Å². The number of anilines is 1. The predicted octanol–water partition coefficient (Wildman–Crippen LogP) is 2.62. The Kier molecular flexibility index (Phi) is 3.89. The van der Waals surface area contributed by atoms with Crippen LogP contribution in [0.25, 0.3) is 10.9 Å². The molecule has 1 unspecified atom stereocenters. The molecular formula is C19H20N4O2. The maximum atomic E-state index is 12.9. The molecule has 1 aliphatic heterocycles. The van der Waals surface area contributed by atoms with Crippen LogP contribution in [0.4, 0.5) is 5.69 Å². The number of aryl methyl sites for hydroxylation is 1. The molecule has 1 aliphatic rings. The van der Waals surface area contributed by atoms with Gasteiger partial charge in [-0.05, 0) is 25.1 Å². The lowest BCUT2D eigenvalue weighted by molar-refractivity contribution is 0.0637. The topological polar surface area (TPSA) is 70.4 Å². The summed E-state index contributed by atoms with van der Waals surface area (Å²) in [5, 5.41) is 18.7. The van der Waals surface area contributed by atoms with Crippen molar-refractivity contribution in [3.8, 4) is 0 Å². The van der Waals surface area contributed by atoms with Gasteiger partial charge in [0.05, 0.1) is 17.7 Å². The molecule has 2 heterocycles. The molecule has 0 spiro atoms. The van der Waals surface area contributed by atoms with E-state index in [0.717, 1.165) is 28.8 Å². The number of rotatable bonds is 4. The molecule has 0 saturated carbocycles. The van der Waals surface area contributed by atoms with Crippen LogP contribution in [0.15, 0.2) is 48.5 Å². The van der Waals surface area contributed by atoms with E-state index in [-0.39, 0.29) is 19.1 Å². The second-order valence-corrected chi connectivity index (χ2v) is 6.03. The van der Waals surface area contributed by atoms with Crippen LogP contribution in [0, 0.1) is 0 Å². The Morgan fingerprint density at radius 2 is 1.92 bits per heavy atom. The normalized spacial score (nSPS) is 16.8. The van der Waals surface area contributed by atoms with Crippen molar-refractivity contribution in [2.24, 2.45) is 0 Å². The third kappa shape index (κ3) is 2.46. The highest BCUT2D eigenvalue weighted by Gasteiger charge is 2.35. The van der Waals surface area contributed by atoms with E-state index >= 15 is 0 Å². The van der Waals surface area contributed by atoms with Crippen molar-refractivity contribution in [1.82, 2.24) is 14.7 Å². The minimum Gasteiger partial charge on any atom is -0.395 e. The number of aliphatic hydroxyl groups is 1. The number of para-hydroxylation sites is 2. The maximum Gasteiger partial charge on any atom is 0.257 e. The van der Waals surface area contributed by atoms with Crippen molar-refractivity contribution in [3.63, 3.8) is 0 Å². The Labute approximate surface area is 145 Å². The highest BCUT2D eigenvalue weighted by atomic mass is 16.3. The first-order valence-corrected chi connectivity index (χ1v) is 8.47. The molecule has 25 heavy (non-hydrogen) atoms. The van der Waals surface area contributed by atoms with E-state index in [1.54, 1.807) is 11.0 Å². The van der Waals surface area contributed by atoms with Gasteiger partial charge in [0.1, 0.15) is 11.9 Å². The molecule has 4 rings (SSSR count). The Morgan fingerprint density at radius 3 is 2.72 bits per heavy atom. The standard InChI is InChI=1S/C19H20N4O2/c1-2-23-16-10-6-4-8-14(16)17(21-23)18-20-15-9-5-3-7-13(15)19(25)22(18)11-12-24/h3-10,18,20,24H,2,11-12H2,1H3. The Morgan fingerprint density at radius 1 is 1.16 bits per heavy atom. The number of hydrogen-bond acceptors (Lipinski definition) is 4. The number of β-amino-alcohol motifs (C(OH)–C–C–N with tert-alkyl or cyclic N) is 1. The van der Waals surface area contributed by atoms with Crippen LogP contribution in [0.2, 0.25) is 0 Å². The number of fused-ring (bicyclic) bond motifs is 2. The van der Waals surface area contributed by atoms with E-state index in [4.69, 9.17) is 5.10 Å². The number of aromatic nitrogens is 2. The van der Waals surface area contributed by atoms with E-state index in [9.17, 15) is 9.90 Å². The zero-order valence-electron chi connectivity index (χ0n) is 14.0. The molecule has 0 fully saturated rings. The molecular weight excluding hydrogens is 316 g/mol. The maximum absolute atomic E-state index is 12.9. The monoisotopic (exact) mass is 336 g/mol. The fraction of sp³-hybridized carbons (Fsp3) is 0.263. The molecule has 6 heteroatoms. The minimum absolute atomic E-state index is 0.0940. The van der Waals surface area contributed by atoms with Crippen LogP contribution in [-0.2, 0) is 6.54 Å². The summed E-state index contributed by atoms with van der Waals surface area (Å²) in [5.74, 6) is -0.0940. The summed E-state index contributed by atoms with van der Waals surface area (Å²) in [7, 11) is 0. The molecule has 0 aliphatic carbocycles. The summed E-state index contributed by atoms with van der Waals surface area (Å²) in [6.07, 6.45) is -0.410. The van der Waals surface area contributed by atoms with Crippen molar-refractivity contribution in [3.05, 3.63) is 59.8 Å². The Bertz CT molecular complexity index is 934. The molecule has 128 valence electrons. The first-order valence-electron chi connectivity index (χ1n) is 8.47. The number of carbonyl (C=O) groups is 1. The molecule has 0 bridgehead atoms. The second kappa shape index (κ2) is 6.22. The van der Waals surface area contributed by atoms with Crippen LogP contribution in [-0.4, -0.2) is 38.8 Å². The minimum atomic E-state index is -0.410. The van der Waals surface area contributed by atoms with E-state index in [2.05, 4.69) is 5.32 Å². The molecule has 1 amide bonds. The largest absolute Gasteiger partial charge is 0.395 e. The number of nitrogens with one attached hydrogen (secondary N) is 1. The Balaban J connectivity index is 1.87. The molecule has 2 N–H and O–H groups in total. The van der Waals surface area contributed by atoms with Crippen LogP contribution in [0.1, 0.15) is 29.1 Å². The lowest BCUT2D eigenvalue weighted by atomic mass is 10.0. The van der Waals surface area contributed by atoms with Gasteiger partial charge < -0.3 is 15.3 Å². The smallest absolute Gasteiger partial charge is 0.257 e. The highest BCUT2D eigenvalue weighted by Crippen LogP contribution is 2.35. The van der Waals surface area contributed by atoms with Crippen molar-refractivity contribution < 1.29 is 9.90 Å². The fourth-order valence-corrected chi connectivity index (χ4v) is 3.44. The third-order valence-corrected chi connectivity index (χ3v) is 4.61. The van der Waals surface area contributed by atoms with Gasteiger partial charge in [0.2, 0.25) is 0 Å². The lowest BCUT2D eigenvalue weighted by Crippen LogP contribution is -2.44. The average molecular weight is 336 g/mol. The highest BCUT2D eigenvalue weighted by molar-refractivity contribution is 6.02. The number of hydrogen-bond donors (Lipinski definition) is 2. The second-order valence-electron chi connectivity index (χ2n) is 6.03. The number of aliphatic hydroxyl groups excluding tert-OH is 1. The van der Waals surface area contributed by atoms with Crippen molar-refractivity contribution in [1.29, 1.82) is 0 Å². The summed E-state index contributed by atoms with van der Waals surface area (Å²) in [6, 6.07) is 15.5. The van der Waals surface area contributed by atoms with Gasteiger partial charge in [0.25, 0.3) is 5.91 Å². The predicted molar refractivity (Wildman–Crippen MR) is 96.3 cm³/mol. The summed E-state index contributed by atoms with van der Waals surface area (Å²) in [4.78, 5) is 14.6. The number of nitrogens with zero attached hydrogens (tertiary/aromatic N) is 3.